The van der Waals surface area contributed by atoms with E-state index in [2.05, 4.69) is 20.8 Å². The van der Waals surface area contributed by atoms with Crippen LogP contribution >= 0.6 is 27.3 Å². The summed E-state index contributed by atoms with van der Waals surface area (Å²) in [6.45, 7) is 5.93. The fraction of sp³-hybridized carbons (Fsp3) is 0.667. The van der Waals surface area contributed by atoms with Gasteiger partial charge in [0.15, 0.2) is 0 Å². The molecule has 0 spiro atoms. The zero-order valence-electron chi connectivity index (χ0n) is 12.3. The number of aryl methyl sites for hydroxylation is 1. The third-order valence-corrected chi connectivity index (χ3v) is 6.73. The number of piperidine rings is 1. The van der Waals surface area contributed by atoms with Crippen molar-refractivity contribution in [1.29, 1.82) is 0 Å². The largest absolute Gasteiger partial charge is 0.336 e. The highest BCUT2D eigenvalue weighted by molar-refractivity contribution is 9.11. The summed E-state index contributed by atoms with van der Waals surface area (Å²) in [5.74, 6) is 0.185. The van der Waals surface area contributed by atoms with Crippen molar-refractivity contribution >= 4 is 33.2 Å². The van der Waals surface area contributed by atoms with Crippen LogP contribution in [-0.4, -0.2) is 54.0 Å². The Kier molecular flexibility index (Phi) is 4.69. The Bertz CT molecular complexity index is 505. The molecule has 2 aliphatic rings. The van der Waals surface area contributed by atoms with Crippen molar-refractivity contribution in [2.45, 2.75) is 38.3 Å². The number of carbonyl (C=O) groups excluding carboxylic acids is 1. The SMILES string of the molecule is Cc1cc(C(=O)N2CCC(N3CCC(N)CC3)C2)sc1Br. The van der Waals surface area contributed by atoms with Gasteiger partial charge in [0, 0.05) is 25.2 Å². The summed E-state index contributed by atoms with van der Waals surface area (Å²) < 4.78 is 1.06. The Morgan fingerprint density at radius 2 is 2.05 bits per heavy atom. The first kappa shape index (κ1) is 15.5. The summed E-state index contributed by atoms with van der Waals surface area (Å²) in [6, 6.07) is 2.88. The number of hydrogen-bond acceptors (Lipinski definition) is 4. The number of nitrogens with two attached hydrogens (primary N) is 1. The van der Waals surface area contributed by atoms with E-state index in [4.69, 9.17) is 5.73 Å². The normalized spacial score (nSPS) is 24.7. The summed E-state index contributed by atoms with van der Waals surface area (Å²) in [5, 5.41) is 0. The first-order valence-electron chi connectivity index (χ1n) is 7.59. The van der Waals surface area contributed by atoms with Crippen molar-refractivity contribution in [3.63, 3.8) is 0 Å². The Balaban J connectivity index is 1.60. The summed E-state index contributed by atoms with van der Waals surface area (Å²) in [5.41, 5.74) is 7.11. The molecule has 3 heterocycles. The lowest BCUT2D eigenvalue weighted by Gasteiger charge is -2.34. The molecule has 0 bridgehead atoms. The molecule has 2 aliphatic heterocycles. The molecule has 0 aromatic carbocycles. The lowest BCUT2D eigenvalue weighted by Crippen LogP contribution is -2.46. The zero-order chi connectivity index (χ0) is 15.0. The number of halogens is 1. The van der Waals surface area contributed by atoms with Crippen LogP contribution in [0, 0.1) is 6.92 Å². The summed E-state index contributed by atoms with van der Waals surface area (Å²) in [4.78, 5) is 17.9. The van der Waals surface area contributed by atoms with Gasteiger partial charge in [-0.3, -0.25) is 9.69 Å². The van der Waals surface area contributed by atoms with Gasteiger partial charge in [0.2, 0.25) is 0 Å². The highest BCUT2D eigenvalue weighted by Crippen LogP contribution is 2.29. The number of carbonyl (C=O) groups is 1. The van der Waals surface area contributed by atoms with Gasteiger partial charge in [0.1, 0.15) is 0 Å². The highest BCUT2D eigenvalue weighted by Gasteiger charge is 2.32. The maximum atomic E-state index is 12.6. The number of nitrogens with zero attached hydrogens (tertiary/aromatic N) is 2. The molecule has 2 fully saturated rings. The van der Waals surface area contributed by atoms with Crippen molar-refractivity contribution in [3.8, 4) is 0 Å². The van der Waals surface area contributed by atoms with Crippen LogP contribution in [0.1, 0.15) is 34.5 Å². The number of amides is 1. The van der Waals surface area contributed by atoms with Gasteiger partial charge in [-0.25, -0.2) is 0 Å². The first-order chi connectivity index (χ1) is 10.0. The van der Waals surface area contributed by atoms with Gasteiger partial charge in [-0.15, -0.1) is 11.3 Å². The maximum Gasteiger partial charge on any atom is 0.264 e. The second-order valence-corrected chi connectivity index (χ2v) is 8.50. The van der Waals surface area contributed by atoms with Gasteiger partial charge >= 0.3 is 0 Å². The van der Waals surface area contributed by atoms with Gasteiger partial charge in [0.05, 0.1) is 8.66 Å². The van der Waals surface area contributed by atoms with Crippen molar-refractivity contribution in [1.82, 2.24) is 9.80 Å². The van der Waals surface area contributed by atoms with Gasteiger partial charge < -0.3 is 10.6 Å². The fourth-order valence-corrected chi connectivity index (χ4v) is 4.73. The van der Waals surface area contributed by atoms with Crippen LogP contribution in [0.3, 0.4) is 0 Å². The molecular weight excluding hydrogens is 350 g/mol. The smallest absolute Gasteiger partial charge is 0.264 e. The number of hydrogen-bond donors (Lipinski definition) is 1. The molecule has 1 unspecified atom stereocenters. The molecule has 1 atom stereocenters. The lowest BCUT2D eigenvalue weighted by atomic mass is 10.0. The molecule has 2 saturated heterocycles. The van der Waals surface area contributed by atoms with E-state index in [1.165, 1.54) is 0 Å². The number of thiophene rings is 1. The average molecular weight is 372 g/mol. The van der Waals surface area contributed by atoms with Crippen molar-refractivity contribution < 1.29 is 4.79 Å². The summed E-state index contributed by atoms with van der Waals surface area (Å²) >= 11 is 5.04. The minimum Gasteiger partial charge on any atom is -0.336 e. The van der Waals surface area contributed by atoms with Crippen molar-refractivity contribution in [2.75, 3.05) is 26.2 Å². The Morgan fingerprint density at radius 3 is 2.67 bits per heavy atom. The van der Waals surface area contributed by atoms with Gasteiger partial charge in [-0.2, -0.15) is 0 Å². The third-order valence-electron chi connectivity index (χ3n) is 4.61. The van der Waals surface area contributed by atoms with Gasteiger partial charge in [-0.1, -0.05) is 0 Å². The van der Waals surface area contributed by atoms with Crippen LogP contribution < -0.4 is 5.73 Å². The standard InChI is InChI=1S/C15H22BrN3OS/c1-10-8-13(21-14(10)16)15(20)19-7-4-12(9-19)18-5-2-11(17)3-6-18/h8,11-12H,2-7,9,17H2,1H3. The fourth-order valence-electron chi connectivity index (χ4n) is 3.23. The monoisotopic (exact) mass is 371 g/mol. The predicted octanol–water partition coefficient (Wildman–Crippen LogP) is 2.46. The van der Waals surface area contributed by atoms with Crippen LogP contribution in [0.15, 0.2) is 9.85 Å². The van der Waals surface area contributed by atoms with Gasteiger partial charge in [-0.05, 0) is 66.8 Å². The molecule has 116 valence electrons. The Hall–Kier alpha value is -0.430. The van der Waals surface area contributed by atoms with Crippen molar-refractivity contribution in [3.05, 3.63) is 20.3 Å². The van der Waals surface area contributed by atoms with E-state index in [0.717, 1.165) is 59.7 Å². The van der Waals surface area contributed by atoms with E-state index >= 15 is 0 Å². The molecule has 4 nitrogen and oxygen atoms in total. The van der Waals surface area contributed by atoms with Crippen LogP contribution in [0.25, 0.3) is 0 Å². The second kappa shape index (κ2) is 6.36. The Morgan fingerprint density at radius 1 is 1.33 bits per heavy atom. The van der Waals surface area contributed by atoms with E-state index in [9.17, 15) is 4.79 Å². The molecular formula is C15H22BrN3OS. The summed E-state index contributed by atoms with van der Waals surface area (Å²) in [6.07, 6.45) is 3.26. The molecule has 1 aromatic heterocycles. The van der Waals surface area contributed by atoms with Crippen LogP contribution in [-0.2, 0) is 0 Å². The highest BCUT2D eigenvalue weighted by atomic mass is 79.9. The summed E-state index contributed by atoms with van der Waals surface area (Å²) in [7, 11) is 0. The second-order valence-electron chi connectivity index (χ2n) is 6.13. The molecule has 2 N–H and O–H groups in total. The topological polar surface area (TPSA) is 49.6 Å². The molecule has 3 rings (SSSR count). The molecule has 6 heteroatoms. The van der Waals surface area contributed by atoms with Crippen LogP contribution in [0.4, 0.5) is 0 Å². The minimum absolute atomic E-state index is 0.185. The Labute approximate surface area is 138 Å². The lowest BCUT2D eigenvalue weighted by molar-refractivity contribution is 0.0774. The minimum atomic E-state index is 0.185. The van der Waals surface area contributed by atoms with E-state index in [1.54, 1.807) is 11.3 Å². The number of likely N-dealkylation sites (tertiary alicyclic amines) is 2. The van der Waals surface area contributed by atoms with Crippen molar-refractivity contribution in [2.24, 2.45) is 5.73 Å². The quantitative estimate of drug-likeness (QED) is 0.868. The first-order valence-corrected chi connectivity index (χ1v) is 9.20. The zero-order valence-corrected chi connectivity index (χ0v) is 14.8. The average Bonchev–Trinajstić information content (AvgIpc) is 3.07. The maximum absolute atomic E-state index is 12.6. The van der Waals surface area contributed by atoms with Crippen LogP contribution in [0.5, 0.6) is 0 Å². The molecule has 0 radical (unpaired) electrons. The molecule has 1 amide bonds. The molecule has 0 aliphatic carbocycles. The molecule has 21 heavy (non-hydrogen) atoms. The van der Waals surface area contributed by atoms with E-state index in [-0.39, 0.29) is 5.91 Å². The predicted molar refractivity (Wildman–Crippen MR) is 89.8 cm³/mol. The van der Waals surface area contributed by atoms with E-state index in [1.807, 2.05) is 17.9 Å². The molecule has 1 aromatic rings. The molecule has 0 saturated carbocycles. The van der Waals surface area contributed by atoms with Crippen LogP contribution in [0.2, 0.25) is 0 Å². The third kappa shape index (κ3) is 3.33. The van der Waals surface area contributed by atoms with Gasteiger partial charge in [0.25, 0.3) is 5.91 Å². The van der Waals surface area contributed by atoms with E-state index < -0.39 is 0 Å². The number of rotatable bonds is 2. The van der Waals surface area contributed by atoms with E-state index in [0.29, 0.717) is 12.1 Å².